The molecule has 0 fully saturated rings. The summed E-state index contributed by atoms with van der Waals surface area (Å²) < 4.78 is 5.53. The second kappa shape index (κ2) is 8.54. The summed E-state index contributed by atoms with van der Waals surface area (Å²) >= 11 is 5.86. The minimum absolute atomic E-state index is 0.109. The summed E-state index contributed by atoms with van der Waals surface area (Å²) in [5.41, 5.74) is 0.234. The monoisotopic (exact) mass is 286 g/mol. The summed E-state index contributed by atoms with van der Waals surface area (Å²) in [7, 11) is 0. The number of aliphatic hydroxyl groups is 2. The fourth-order valence-corrected chi connectivity index (χ4v) is 2.08. The van der Waals surface area contributed by atoms with Gasteiger partial charge in [-0.25, -0.2) is 0 Å². The van der Waals surface area contributed by atoms with E-state index in [4.69, 9.17) is 16.3 Å². The summed E-state index contributed by atoms with van der Waals surface area (Å²) in [6.45, 7) is 3.15. The van der Waals surface area contributed by atoms with Crippen LogP contribution in [0.2, 0.25) is 5.02 Å². The van der Waals surface area contributed by atoms with Crippen LogP contribution in [0.1, 0.15) is 31.7 Å². The number of aliphatic hydroxyl groups excluding tert-OH is 2. The van der Waals surface area contributed by atoms with Gasteiger partial charge in [0.1, 0.15) is 0 Å². The van der Waals surface area contributed by atoms with E-state index < -0.39 is 5.41 Å². The number of unbranched alkanes of at least 4 members (excludes halogenated alkanes) is 1. The van der Waals surface area contributed by atoms with Crippen LogP contribution in [-0.4, -0.2) is 36.6 Å². The molecule has 3 nitrogen and oxygen atoms in total. The number of hydrogen-bond acceptors (Lipinski definition) is 3. The van der Waals surface area contributed by atoms with Crippen molar-refractivity contribution in [1.82, 2.24) is 0 Å². The van der Waals surface area contributed by atoms with Crippen molar-refractivity contribution in [1.29, 1.82) is 0 Å². The molecule has 0 amide bonds. The van der Waals surface area contributed by atoms with Crippen molar-refractivity contribution in [3.8, 4) is 0 Å². The van der Waals surface area contributed by atoms with Crippen molar-refractivity contribution in [2.75, 3.05) is 26.4 Å². The first kappa shape index (κ1) is 16.4. The average molecular weight is 287 g/mol. The van der Waals surface area contributed by atoms with Crippen molar-refractivity contribution in [3.63, 3.8) is 0 Å². The van der Waals surface area contributed by atoms with Gasteiger partial charge in [0.05, 0.1) is 13.2 Å². The molecular formula is C15H23ClO3. The minimum Gasteiger partial charge on any atom is -0.395 e. The fourth-order valence-electron chi connectivity index (χ4n) is 1.95. The number of rotatable bonds is 9. The topological polar surface area (TPSA) is 49.7 Å². The van der Waals surface area contributed by atoms with E-state index >= 15 is 0 Å². The standard InChI is InChI=1S/C15H23ClO3/c1-2-3-9-19-10-8-15(11-17,12-18)13-4-6-14(16)7-5-13/h4-7,17-18H,2-3,8-12H2,1H3. The summed E-state index contributed by atoms with van der Waals surface area (Å²) in [5.74, 6) is 0. The lowest BCUT2D eigenvalue weighted by Gasteiger charge is -2.30. The second-order valence-corrected chi connectivity index (χ2v) is 5.26. The zero-order valence-electron chi connectivity index (χ0n) is 11.4. The van der Waals surface area contributed by atoms with Gasteiger partial charge in [0.15, 0.2) is 0 Å². The van der Waals surface area contributed by atoms with Gasteiger partial charge in [0.25, 0.3) is 0 Å². The summed E-state index contributed by atoms with van der Waals surface area (Å²) in [4.78, 5) is 0. The van der Waals surface area contributed by atoms with Gasteiger partial charge in [-0.1, -0.05) is 37.1 Å². The van der Waals surface area contributed by atoms with E-state index in [0.717, 1.165) is 25.0 Å². The van der Waals surface area contributed by atoms with Gasteiger partial charge in [-0.2, -0.15) is 0 Å². The van der Waals surface area contributed by atoms with Crippen LogP contribution in [0, 0.1) is 0 Å². The average Bonchev–Trinajstić information content (AvgIpc) is 2.45. The third-order valence-electron chi connectivity index (χ3n) is 3.43. The van der Waals surface area contributed by atoms with E-state index in [9.17, 15) is 10.2 Å². The molecule has 19 heavy (non-hydrogen) atoms. The summed E-state index contributed by atoms with van der Waals surface area (Å²) in [6.07, 6.45) is 2.72. The van der Waals surface area contributed by atoms with Crippen LogP contribution in [0.15, 0.2) is 24.3 Å². The largest absolute Gasteiger partial charge is 0.395 e. The highest BCUT2D eigenvalue weighted by Gasteiger charge is 2.30. The molecule has 0 atom stereocenters. The molecule has 4 heteroatoms. The highest BCUT2D eigenvalue weighted by Crippen LogP contribution is 2.28. The van der Waals surface area contributed by atoms with Gasteiger partial charge in [0.2, 0.25) is 0 Å². The van der Waals surface area contributed by atoms with Gasteiger partial charge in [-0.15, -0.1) is 0 Å². The maximum absolute atomic E-state index is 9.65. The highest BCUT2D eigenvalue weighted by molar-refractivity contribution is 6.30. The molecule has 0 radical (unpaired) electrons. The quantitative estimate of drug-likeness (QED) is 0.686. The molecule has 0 heterocycles. The molecule has 0 saturated heterocycles. The predicted octanol–water partition coefficient (Wildman–Crippen LogP) is 2.77. The van der Waals surface area contributed by atoms with Gasteiger partial charge in [-0.05, 0) is 30.5 Å². The lowest BCUT2D eigenvalue weighted by molar-refractivity contribution is 0.0616. The zero-order chi connectivity index (χ0) is 14.1. The Labute approximate surface area is 120 Å². The van der Waals surface area contributed by atoms with Gasteiger partial charge in [0, 0.05) is 23.7 Å². The van der Waals surface area contributed by atoms with Gasteiger partial charge >= 0.3 is 0 Å². The lowest BCUT2D eigenvalue weighted by atomic mass is 9.79. The van der Waals surface area contributed by atoms with E-state index in [1.807, 2.05) is 12.1 Å². The molecule has 1 rings (SSSR count). The molecule has 1 aromatic rings. The SMILES string of the molecule is CCCCOCCC(CO)(CO)c1ccc(Cl)cc1. The van der Waals surface area contributed by atoms with Crippen LogP contribution in [0.5, 0.6) is 0 Å². The molecule has 0 bridgehead atoms. The Kier molecular flexibility index (Phi) is 7.39. The molecule has 0 aliphatic heterocycles. The van der Waals surface area contributed by atoms with Crippen LogP contribution in [0.3, 0.4) is 0 Å². The van der Waals surface area contributed by atoms with E-state index in [1.165, 1.54) is 0 Å². The normalized spacial score (nSPS) is 11.8. The molecule has 108 valence electrons. The highest BCUT2D eigenvalue weighted by atomic mass is 35.5. The number of ether oxygens (including phenoxy) is 1. The molecule has 0 aliphatic rings. The van der Waals surface area contributed by atoms with Crippen molar-refractivity contribution in [2.24, 2.45) is 0 Å². The van der Waals surface area contributed by atoms with Crippen molar-refractivity contribution < 1.29 is 14.9 Å². The maximum atomic E-state index is 9.65. The minimum atomic E-state index is -0.656. The van der Waals surface area contributed by atoms with Crippen molar-refractivity contribution >= 4 is 11.6 Å². The van der Waals surface area contributed by atoms with Gasteiger partial charge < -0.3 is 14.9 Å². The second-order valence-electron chi connectivity index (χ2n) is 4.82. The molecule has 0 aliphatic carbocycles. The Morgan fingerprint density at radius 3 is 2.26 bits per heavy atom. The predicted molar refractivity (Wildman–Crippen MR) is 77.6 cm³/mol. The van der Waals surface area contributed by atoms with Crippen LogP contribution < -0.4 is 0 Å². The summed E-state index contributed by atoms with van der Waals surface area (Å²) in [5, 5.41) is 20.0. The first-order chi connectivity index (χ1) is 9.18. The van der Waals surface area contributed by atoms with Crippen LogP contribution >= 0.6 is 11.6 Å². The fraction of sp³-hybridized carbons (Fsp3) is 0.600. The number of benzene rings is 1. The zero-order valence-corrected chi connectivity index (χ0v) is 12.2. The molecule has 0 unspecified atom stereocenters. The Morgan fingerprint density at radius 1 is 1.11 bits per heavy atom. The van der Waals surface area contributed by atoms with Crippen LogP contribution in [0.4, 0.5) is 0 Å². The van der Waals surface area contributed by atoms with E-state index in [1.54, 1.807) is 12.1 Å². The maximum Gasteiger partial charge on any atom is 0.0550 e. The number of halogens is 1. The molecular weight excluding hydrogens is 264 g/mol. The van der Waals surface area contributed by atoms with Crippen LogP contribution in [-0.2, 0) is 10.2 Å². The van der Waals surface area contributed by atoms with E-state index in [2.05, 4.69) is 6.92 Å². The Hall–Kier alpha value is -0.610. The van der Waals surface area contributed by atoms with Crippen LogP contribution in [0.25, 0.3) is 0 Å². The third-order valence-corrected chi connectivity index (χ3v) is 3.68. The molecule has 2 N–H and O–H groups in total. The first-order valence-electron chi connectivity index (χ1n) is 6.74. The molecule has 0 saturated carbocycles. The smallest absolute Gasteiger partial charge is 0.0550 e. The van der Waals surface area contributed by atoms with Crippen molar-refractivity contribution in [3.05, 3.63) is 34.9 Å². The van der Waals surface area contributed by atoms with Crippen molar-refractivity contribution in [2.45, 2.75) is 31.6 Å². The Morgan fingerprint density at radius 2 is 1.74 bits per heavy atom. The summed E-state index contributed by atoms with van der Waals surface area (Å²) in [6, 6.07) is 7.24. The van der Waals surface area contributed by atoms with E-state index in [-0.39, 0.29) is 13.2 Å². The van der Waals surface area contributed by atoms with E-state index in [0.29, 0.717) is 18.1 Å². The third kappa shape index (κ3) is 4.77. The molecule has 0 spiro atoms. The first-order valence-corrected chi connectivity index (χ1v) is 7.12. The Bertz CT molecular complexity index is 347. The number of hydrogen-bond donors (Lipinski definition) is 2. The Balaban J connectivity index is 2.65. The molecule has 0 aromatic heterocycles. The molecule has 1 aromatic carbocycles. The van der Waals surface area contributed by atoms with Gasteiger partial charge in [-0.3, -0.25) is 0 Å². The lowest BCUT2D eigenvalue weighted by Crippen LogP contribution is -2.36.